The summed E-state index contributed by atoms with van der Waals surface area (Å²) in [5.41, 5.74) is -5.49. The monoisotopic (exact) mass is 566 g/mol. The van der Waals surface area contributed by atoms with E-state index in [0.29, 0.717) is 0 Å². The molecule has 4 saturated carbocycles. The van der Waals surface area contributed by atoms with Gasteiger partial charge in [-0.3, -0.25) is 43.2 Å². The Bertz CT molecular complexity index is 1170. The summed E-state index contributed by atoms with van der Waals surface area (Å²) in [5, 5.41) is 0. The van der Waals surface area contributed by atoms with E-state index in [-0.39, 0.29) is 0 Å². The summed E-state index contributed by atoms with van der Waals surface area (Å²) in [7, 11) is 5.38. The Morgan fingerprint density at radius 1 is 0.500 bits per heavy atom. The molecule has 0 aromatic carbocycles. The lowest BCUT2D eigenvalue weighted by Gasteiger charge is -2.34. The number of methoxy groups -OCH3 is 6. The largest absolute Gasteiger partial charge is 0.468 e. The van der Waals surface area contributed by atoms with Gasteiger partial charge >= 0.3 is 35.8 Å². The Morgan fingerprint density at radius 2 is 0.800 bits per heavy atom. The number of esters is 6. The molecule has 216 valence electrons. The maximum Gasteiger partial charge on any atom is 0.320 e. The van der Waals surface area contributed by atoms with E-state index in [1.165, 1.54) is 0 Å². The van der Waals surface area contributed by atoms with Crippen LogP contribution >= 0.6 is 0 Å². The lowest BCUT2D eigenvalue weighted by molar-refractivity contribution is -0.167. The minimum atomic E-state index is -2.74. The summed E-state index contributed by atoms with van der Waals surface area (Å²) in [4.78, 5) is 122. The van der Waals surface area contributed by atoms with Gasteiger partial charge in [-0.2, -0.15) is 0 Å². The average molecular weight is 566 g/mol. The Balaban J connectivity index is 2.24. The van der Waals surface area contributed by atoms with Crippen LogP contribution in [0.4, 0.5) is 0 Å². The van der Waals surface area contributed by atoms with Crippen molar-refractivity contribution >= 4 is 53.2 Å². The van der Waals surface area contributed by atoms with Crippen LogP contribution in [0.25, 0.3) is 0 Å². The fourth-order valence-electron chi connectivity index (χ4n) is 8.14. The van der Waals surface area contributed by atoms with Gasteiger partial charge in [-0.1, -0.05) is 0 Å². The van der Waals surface area contributed by atoms with Crippen LogP contribution < -0.4 is 0 Å². The van der Waals surface area contributed by atoms with E-state index in [9.17, 15) is 43.2 Å². The van der Waals surface area contributed by atoms with Crippen LogP contribution in [0.3, 0.4) is 0 Å². The second-order valence-corrected chi connectivity index (χ2v) is 9.96. The van der Waals surface area contributed by atoms with Gasteiger partial charge in [0, 0.05) is 23.7 Å². The van der Waals surface area contributed by atoms with E-state index < -0.39 is 111 Å². The Morgan fingerprint density at radius 3 is 1.07 bits per heavy atom. The number of rotatable bonds is 6. The number of fused-ring (bicyclic) bond motifs is 3. The van der Waals surface area contributed by atoms with Gasteiger partial charge in [0.2, 0.25) is 0 Å². The first-order valence-corrected chi connectivity index (χ1v) is 12.0. The Hall–Kier alpha value is -4.17. The molecule has 0 amide bonds. The highest BCUT2D eigenvalue weighted by molar-refractivity contribution is 6.26. The first kappa shape index (κ1) is 28.8. The van der Waals surface area contributed by atoms with E-state index in [2.05, 4.69) is 0 Å². The van der Waals surface area contributed by atoms with E-state index in [4.69, 9.17) is 28.4 Å². The molecule has 0 spiro atoms. The minimum absolute atomic E-state index is 0.869. The molecule has 40 heavy (non-hydrogen) atoms. The number of carbonyl (C=O) groups excluding carboxylic acids is 9. The van der Waals surface area contributed by atoms with Crippen molar-refractivity contribution in [3.63, 3.8) is 0 Å². The van der Waals surface area contributed by atoms with Crippen molar-refractivity contribution in [1.29, 1.82) is 0 Å². The van der Waals surface area contributed by atoms with Gasteiger partial charge in [0.15, 0.2) is 17.3 Å². The summed E-state index contributed by atoms with van der Waals surface area (Å²) >= 11 is 0. The fourth-order valence-corrected chi connectivity index (χ4v) is 8.14. The maximum atomic E-state index is 14.4. The smallest absolute Gasteiger partial charge is 0.320 e. The number of carbonyl (C=O) groups is 9. The van der Waals surface area contributed by atoms with E-state index >= 15 is 0 Å². The van der Waals surface area contributed by atoms with Crippen LogP contribution in [0.2, 0.25) is 0 Å². The topological polar surface area (TPSA) is 209 Å². The number of ketones is 3. The SMILES string of the molecule is COC(=O)C1C(=O)C2(C(=O)OC)C3C(C(=O)OC)C(=O)C(C(=O)OC)C3C3(C(=O)OC)C(=O)C(C(=O)OC)C1C23. The van der Waals surface area contributed by atoms with E-state index in [0.717, 1.165) is 42.7 Å². The zero-order chi connectivity index (χ0) is 30.1. The Kier molecular flexibility index (Phi) is 6.84. The maximum absolute atomic E-state index is 14.4. The van der Waals surface area contributed by atoms with Gasteiger partial charge in [-0.05, 0) is 0 Å². The highest BCUT2D eigenvalue weighted by Gasteiger charge is 2.94. The van der Waals surface area contributed by atoms with E-state index in [1.807, 2.05) is 0 Å². The van der Waals surface area contributed by atoms with Crippen molar-refractivity contribution in [2.24, 2.45) is 58.2 Å². The molecule has 4 aliphatic rings. The number of ether oxygens (including phenoxy) is 6. The zero-order valence-corrected chi connectivity index (χ0v) is 22.2. The van der Waals surface area contributed by atoms with Gasteiger partial charge in [0.05, 0.1) is 42.7 Å². The average Bonchev–Trinajstić information content (AvgIpc) is 3.59. The number of hydrogen-bond acceptors (Lipinski definition) is 15. The van der Waals surface area contributed by atoms with Gasteiger partial charge in [-0.25, -0.2) is 0 Å². The van der Waals surface area contributed by atoms with Crippen LogP contribution in [-0.4, -0.2) is 95.8 Å². The first-order valence-electron chi connectivity index (χ1n) is 12.0. The third-order valence-corrected chi connectivity index (χ3v) is 9.15. The molecule has 0 aliphatic heterocycles. The van der Waals surface area contributed by atoms with Crippen molar-refractivity contribution in [2.45, 2.75) is 0 Å². The van der Waals surface area contributed by atoms with Crippen molar-refractivity contribution in [1.82, 2.24) is 0 Å². The normalized spacial score (nSPS) is 38.7. The molecule has 4 rings (SSSR count). The van der Waals surface area contributed by atoms with Crippen LogP contribution in [0.5, 0.6) is 0 Å². The molecular weight excluding hydrogens is 540 g/mol. The highest BCUT2D eigenvalue weighted by atomic mass is 16.5. The summed E-state index contributed by atoms with van der Waals surface area (Å²) in [6.07, 6.45) is 0. The molecule has 0 N–H and O–H groups in total. The highest BCUT2D eigenvalue weighted by Crippen LogP contribution is 2.79. The van der Waals surface area contributed by atoms with Gasteiger partial charge in [0.1, 0.15) is 34.5 Å². The molecule has 15 heteroatoms. The molecule has 8 atom stereocenters. The minimum Gasteiger partial charge on any atom is -0.468 e. The second-order valence-electron chi connectivity index (χ2n) is 9.96. The number of Topliss-reactive ketones (excluding diaryl/α,β-unsaturated/α-hetero) is 3. The summed E-state index contributed by atoms with van der Waals surface area (Å²) in [6, 6.07) is 0. The van der Waals surface area contributed by atoms with Crippen molar-refractivity contribution < 1.29 is 71.6 Å². The van der Waals surface area contributed by atoms with Gasteiger partial charge in [-0.15, -0.1) is 0 Å². The quantitative estimate of drug-likeness (QED) is 0.188. The van der Waals surface area contributed by atoms with Gasteiger partial charge in [0.25, 0.3) is 0 Å². The first-order chi connectivity index (χ1) is 18.9. The molecule has 0 bridgehead atoms. The lowest BCUT2D eigenvalue weighted by Crippen LogP contribution is -2.52. The molecule has 0 radical (unpaired) electrons. The third kappa shape index (κ3) is 2.92. The number of hydrogen-bond donors (Lipinski definition) is 0. The van der Waals surface area contributed by atoms with Crippen molar-refractivity contribution in [3.8, 4) is 0 Å². The molecule has 15 nitrogen and oxygen atoms in total. The van der Waals surface area contributed by atoms with Crippen LogP contribution in [-0.2, 0) is 71.6 Å². The van der Waals surface area contributed by atoms with Crippen LogP contribution in [0.1, 0.15) is 0 Å². The molecule has 0 heterocycles. The molecule has 4 aliphatic carbocycles. The lowest BCUT2D eigenvalue weighted by atomic mass is 9.65. The molecule has 8 unspecified atom stereocenters. The molecular formula is C25H26O15. The predicted octanol–water partition coefficient (Wildman–Crippen LogP) is -2.31. The molecule has 4 fully saturated rings. The van der Waals surface area contributed by atoms with Crippen LogP contribution in [0, 0.1) is 58.2 Å². The Labute approximate surface area is 226 Å². The third-order valence-electron chi connectivity index (χ3n) is 9.15. The van der Waals surface area contributed by atoms with Crippen LogP contribution in [0.15, 0.2) is 0 Å². The van der Waals surface area contributed by atoms with Crippen molar-refractivity contribution in [2.75, 3.05) is 42.7 Å². The molecule has 0 aromatic heterocycles. The molecule has 0 aromatic rings. The van der Waals surface area contributed by atoms with E-state index in [1.54, 1.807) is 0 Å². The summed E-state index contributed by atoms with van der Waals surface area (Å²) < 4.78 is 29.0. The zero-order valence-electron chi connectivity index (χ0n) is 22.2. The molecule has 0 saturated heterocycles. The second kappa shape index (κ2) is 9.48. The fraction of sp³-hybridized carbons (Fsp3) is 0.640. The summed E-state index contributed by atoms with van der Waals surface area (Å²) in [6.45, 7) is 0. The van der Waals surface area contributed by atoms with Crippen molar-refractivity contribution in [3.05, 3.63) is 0 Å². The standard InChI is InChI=1S/C25H26O15/c1-35-18(29)8-7-9(19(30)36-2)17(28)25(23(34)40-6)13-11(21(32)38-4)14(26)10(20(31)37-3)12(13)24(15(7)25,16(8)27)22(33)39-5/h7-13,15H,1-6H3. The summed E-state index contributed by atoms with van der Waals surface area (Å²) in [5.74, 6) is -27.1. The van der Waals surface area contributed by atoms with Gasteiger partial charge < -0.3 is 28.4 Å². The predicted molar refractivity (Wildman–Crippen MR) is 120 cm³/mol.